The highest BCUT2D eigenvalue weighted by Gasteiger charge is 2.35. The molecule has 2 heterocycles. The van der Waals surface area contributed by atoms with Crippen molar-refractivity contribution >= 4 is 11.8 Å². The second-order valence-electron chi connectivity index (χ2n) is 5.92. The van der Waals surface area contributed by atoms with Crippen LogP contribution >= 0.6 is 0 Å². The van der Waals surface area contributed by atoms with Crippen LogP contribution in [0.2, 0.25) is 0 Å². The zero-order valence-corrected chi connectivity index (χ0v) is 14.6. The van der Waals surface area contributed by atoms with Crippen molar-refractivity contribution < 1.29 is 23.5 Å². The molecule has 0 aliphatic carbocycles. The molecule has 26 heavy (non-hydrogen) atoms. The Morgan fingerprint density at radius 1 is 1.23 bits per heavy atom. The van der Waals surface area contributed by atoms with Gasteiger partial charge in [-0.05, 0) is 37.1 Å². The molecule has 7 nitrogen and oxygen atoms in total. The third-order valence-corrected chi connectivity index (χ3v) is 4.28. The Hall–Kier alpha value is -2.96. The molecule has 1 aromatic carbocycles. The maximum absolute atomic E-state index is 12.4. The Balaban J connectivity index is 1.49. The molecule has 1 N–H and O–H groups in total. The van der Waals surface area contributed by atoms with Crippen molar-refractivity contribution in [2.45, 2.75) is 18.9 Å². The van der Waals surface area contributed by atoms with Gasteiger partial charge in [0.15, 0.2) is 17.3 Å². The first-order valence-corrected chi connectivity index (χ1v) is 8.58. The number of nitrogens with one attached hydrogen (secondary N) is 1. The van der Waals surface area contributed by atoms with Gasteiger partial charge in [0.1, 0.15) is 12.6 Å². The minimum Gasteiger partial charge on any atom is -0.493 e. The fourth-order valence-electron chi connectivity index (χ4n) is 3.02. The second kappa shape index (κ2) is 8.42. The fourth-order valence-corrected chi connectivity index (χ4v) is 3.02. The third kappa shape index (κ3) is 3.99. The summed E-state index contributed by atoms with van der Waals surface area (Å²) in [4.78, 5) is 26.4. The molecule has 1 aromatic heterocycles. The predicted octanol–water partition coefficient (Wildman–Crippen LogP) is 2.09. The first-order chi connectivity index (χ1) is 12.7. The van der Waals surface area contributed by atoms with Crippen LogP contribution in [0.1, 0.15) is 23.4 Å². The van der Waals surface area contributed by atoms with E-state index in [0.717, 1.165) is 6.42 Å². The summed E-state index contributed by atoms with van der Waals surface area (Å²) in [5, 5.41) is 2.83. The van der Waals surface area contributed by atoms with Gasteiger partial charge in [-0.1, -0.05) is 12.1 Å². The van der Waals surface area contributed by atoms with E-state index in [4.69, 9.17) is 13.9 Å². The highest BCUT2D eigenvalue weighted by atomic mass is 16.5. The van der Waals surface area contributed by atoms with E-state index in [9.17, 15) is 9.59 Å². The zero-order valence-electron chi connectivity index (χ0n) is 14.6. The summed E-state index contributed by atoms with van der Waals surface area (Å²) in [6.45, 7) is 1.20. The van der Waals surface area contributed by atoms with Gasteiger partial charge in [0.2, 0.25) is 5.91 Å². The number of amides is 2. The Bertz CT molecular complexity index is 744. The molecule has 0 unspecified atom stereocenters. The van der Waals surface area contributed by atoms with Gasteiger partial charge in [0, 0.05) is 6.54 Å². The number of ether oxygens (including phenoxy) is 2. The standard InChI is InChI=1S/C19H22N2O5/c1-24-15-7-2-3-8-16(15)26-13-10-20-18(22)14-6-4-11-21(14)19(23)17-9-5-12-25-17/h2-3,5,7-9,12,14H,4,6,10-11,13H2,1H3,(H,20,22)/t14-/m0/s1. The first kappa shape index (κ1) is 17.8. The molecule has 1 fully saturated rings. The Morgan fingerprint density at radius 2 is 2.04 bits per heavy atom. The lowest BCUT2D eigenvalue weighted by molar-refractivity contribution is -0.124. The summed E-state index contributed by atoms with van der Waals surface area (Å²) >= 11 is 0. The van der Waals surface area contributed by atoms with E-state index in [1.165, 1.54) is 6.26 Å². The average Bonchev–Trinajstić information content (AvgIpc) is 3.36. The van der Waals surface area contributed by atoms with Crippen LogP contribution in [0, 0.1) is 0 Å². The number of benzene rings is 1. The number of methoxy groups -OCH3 is 1. The van der Waals surface area contributed by atoms with E-state index >= 15 is 0 Å². The van der Waals surface area contributed by atoms with Gasteiger partial charge in [-0.3, -0.25) is 9.59 Å². The largest absolute Gasteiger partial charge is 0.493 e. The summed E-state index contributed by atoms with van der Waals surface area (Å²) in [6.07, 6.45) is 2.89. The first-order valence-electron chi connectivity index (χ1n) is 8.58. The van der Waals surface area contributed by atoms with Crippen molar-refractivity contribution in [3.8, 4) is 11.5 Å². The molecular formula is C19H22N2O5. The van der Waals surface area contributed by atoms with E-state index in [1.54, 1.807) is 30.2 Å². The number of nitrogens with zero attached hydrogens (tertiary/aromatic N) is 1. The lowest BCUT2D eigenvalue weighted by atomic mass is 10.2. The van der Waals surface area contributed by atoms with Crippen molar-refractivity contribution in [2.24, 2.45) is 0 Å². The van der Waals surface area contributed by atoms with Crippen molar-refractivity contribution in [1.82, 2.24) is 10.2 Å². The molecule has 0 saturated carbocycles. The lowest BCUT2D eigenvalue weighted by Gasteiger charge is -2.23. The van der Waals surface area contributed by atoms with Crippen LogP contribution in [0.25, 0.3) is 0 Å². The molecule has 2 amide bonds. The summed E-state index contributed by atoms with van der Waals surface area (Å²) in [5.74, 6) is 1.10. The Kier molecular flexibility index (Phi) is 5.78. The summed E-state index contributed by atoms with van der Waals surface area (Å²) in [7, 11) is 1.58. The van der Waals surface area contributed by atoms with Gasteiger partial charge in [-0.15, -0.1) is 0 Å². The lowest BCUT2D eigenvalue weighted by Crippen LogP contribution is -2.46. The number of hydrogen-bond donors (Lipinski definition) is 1. The third-order valence-electron chi connectivity index (χ3n) is 4.28. The number of carbonyl (C=O) groups is 2. The smallest absolute Gasteiger partial charge is 0.290 e. The van der Waals surface area contributed by atoms with Crippen molar-refractivity contribution in [1.29, 1.82) is 0 Å². The number of para-hydroxylation sites is 2. The van der Waals surface area contributed by atoms with Crippen LogP contribution in [0.15, 0.2) is 47.1 Å². The van der Waals surface area contributed by atoms with Crippen molar-refractivity contribution in [2.75, 3.05) is 26.8 Å². The van der Waals surface area contributed by atoms with Crippen LogP contribution in [0.4, 0.5) is 0 Å². The normalized spacial score (nSPS) is 16.3. The van der Waals surface area contributed by atoms with Crippen LogP contribution in [0.3, 0.4) is 0 Å². The quantitative estimate of drug-likeness (QED) is 0.767. The summed E-state index contributed by atoms with van der Waals surface area (Å²) < 4.78 is 16.0. The number of carbonyl (C=O) groups excluding carboxylic acids is 2. The molecule has 0 spiro atoms. The molecule has 7 heteroatoms. The Morgan fingerprint density at radius 3 is 2.77 bits per heavy atom. The van der Waals surface area contributed by atoms with Gasteiger partial charge >= 0.3 is 0 Å². The molecule has 0 bridgehead atoms. The molecule has 1 saturated heterocycles. The number of likely N-dealkylation sites (tertiary alicyclic amines) is 1. The fraction of sp³-hybridized carbons (Fsp3) is 0.368. The van der Waals surface area contributed by atoms with Crippen molar-refractivity contribution in [3.63, 3.8) is 0 Å². The number of rotatable bonds is 7. The SMILES string of the molecule is COc1ccccc1OCCNC(=O)[C@@H]1CCCN1C(=O)c1ccco1. The van der Waals surface area contributed by atoms with Crippen LogP contribution < -0.4 is 14.8 Å². The molecule has 0 radical (unpaired) electrons. The van der Waals surface area contributed by atoms with Crippen LogP contribution in [-0.4, -0.2) is 49.6 Å². The second-order valence-corrected chi connectivity index (χ2v) is 5.92. The monoisotopic (exact) mass is 358 g/mol. The van der Waals surface area contributed by atoms with Crippen LogP contribution in [0.5, 0.6) is 11.5 Å². The summed E-state index contributed by atoms with van der Waals surface area (Å²) in [6, 6.07) is 10.1. The van der Waals surface area contributed by atoms with Gasteiger partial charge in [0.05, 0.1) is 19.9 Å². The molecule has 1 aliphatic rings. The van der Waals surface area contributed by atoms with Gasteiger partial charge in [-0.2, -0.15) is 0 Å². The van der Waals surface area contributed by atoms with E-state index in [0.29, 0.717) is 37.6 Å². The molecule has 138 valence electrons. The number of hydrogen-bond acceptors (Lipinski definition) is 5. The highest BCUT2D eigenvalue weighted by molar-refractivity contribution is 5.95. The molecule has 1 aliphatic heterocycles. The van der Waals surface area contributed by atoms with Gasteiger partial charge in [0.25, 0.3) is 5.91 Å². The summed E-state index contributed by atoms with van der Waals surface area (Å²) in [5.41, 5.74) is 0. The van der Waals surface area contributed by atoms with E-state index in [2.05, 4.69) is 5.32 Å². The Labute approximate surface area is 151 Å². The van der Waals surface area contributed by atoms with Crippen molar-refractivity contribution in [3.05, 3.63) is 48.4 Å². The van der Waals surface area contributed by atoms with E-state index in [-0.39, 0.29) is 17.6 Å². The highest BCUT2D eigenvalue weighted by Crippen LogP contribution is 2.25. The minimum atomic E-state index is -0.473. The topological polar surface area (TPSA) is 81.0 Å². The van der Waals surface area contributed by atoms with Gasteiger partial charge in [-0.25, -0.2) is 0 Å². The maximum atomic E-state index is 12.4. The predicted molar refractivity (Wildman–Crippen MR) is 94.3 cm³/mol. The molecule has 2 aromatic rings. The zero-order chi connectivity index (χ0) is 18.4. The van der Waals surface area contributed by atoms with E-state index < -0.39 is 6.04 Å². The molecular weight excluding hydrogens is 336 g/mol. The van der Waals surface area contributed by atoms with E-state index in [1.807, 2.05) is 18.2 Å². The maximum Gasteiger partial charge on any atom is 0.290 e. The van der Waals surface area contributed by atoms with Gasteiger partial charge < -0.3 is 24.1 Å². The molecule has 1 atom stereocenters. The molecule has 3 rings (SSSR count). The number of furan rings is 1. The minimum absolute atomic E-state index is 0.175. The van der Waals surface area contributed by atoms with Crippen LogP contribution in [-0.2, 0) is 4.79 Å². The average molecular weight is 358 g/mol.